The van der Waals surface area contributed by atoms with Crippen LogP contribution >= 0.6 is 0 Å². The molecular weight excluding hydrogens is 304 g/mol. The Labute approximate surface area is 142 Å². The van der Waals surface area contributed by atoms with E-state index in [1.165, 1.54) is 12.4 Å². The minimum absolute atomic E-state index is 0.0176. The smallest absolute Gasteiger partial charge is 0.359 e. The lowest BCUT2D eigenvalue weighted by Crippen LogP contribution is -2.25. The Bertz CT molecular complexity index is 729. The normalized spacial score (nSPS) is 12.5. The number of esters is 1. The van der Waals surface area contributed by atoms with Gasteiger partial charge in [0.2, 0.25) is 5.78 Å². The van der Waals surface area contributed by atoms with Crippen LogP contribution in [0.2, 0.25) is 0 Å². The summed E-state index contributed by atoms with van der Waals surface area (Å²) in [4.78, 5) is 32.4. The van der Waals surface area contributed by atoms with Gasteiger partial charge in [0.15, 0.2) is 11.8 Å². The molecule has 126 valence electrons. The number of benzene rings is 1. The molecule has 0 spiro atoms. The van der Waals surface area contributed by atoms with Gasteiger partial charge < -0.3 is 4.74 Å². The predicted octanol–water partition coefficient (Wildman–Crippen LogP) is 3.51. The Hall–Kier alpha value is -2.56. The molecule has 2 rings (SSSR count). The van der Waals surface area contributed by atoms with Gasteiger partial charge in [-0.05, 0) is 24.8 Å². The van der Waals surface area contributed by atoms with Crippen molar-refractivity contribution in [1.82, 2.24) is 9.97 Å². The number of hydrogen-bond acceptors (Lipinski definition) is 5. The summed E-state index contributed by atoms with van der Waals surface area (Å²) in [6, 6.07) is 7.37. The van der Waals surface area contributed by atoms with Crippen molar-refractivity contribution >= 4 is 11.8 Å². The van der Waals surface area contributed by atoms with Crippen LogP contribution in [0.3, 0.4) is 0 Å². The van der Waals surface area contributed by atoms with Crippen LogP contribution in [0.4, 0.5) is 0 Å². The molecule has 0 aliphatic carbocycles. The van der Waals surface area contributed by atoms with Crippen LogP contribution in [0.15, 0.2) is 36.7 Å². The summed E-state index contributed by atoms with van der Waals surface area (Å²) in [6.45, 7) is 9.65. The first-order chi connectivity index (χ1) is 11.2. The second-order valence-corrected chi connectivity index (χ2v) is 6.78. The summed E-state index contributed by atoms with van der Waals surface area (Å²) < 4.78 is 5.20. The van der Waals surface area contributed by atoms with E-state index in [-0.39, 0.29) is 16.9 Å². The van der Waals surface area contributed by atoms with E-state index in [1.807, 2.05) is 12.1 Å². The van der Waals surface area contributed by atoms with Gasteiger partial charge >= 0.3 is 5.97 Å². The molecule has 0 aliphatic rings. The van der Waals surface area contributed by atoms with Crippen molar-refractivity contribution in [3.63, 3.8) is 0 Å². The summed E-state index contributed by atoms with van der Waals surface area (Å²) in [5.41, 5.74) is 2.46. The second-order valence-electron chi connectivity index (χ2n) is 6.78. The Balaban J connectivity index is 2.06. The van der Waals surface area contributed by atoms with E-state index < -0.39 is 12.1 Å². The SMILES string of the molecule is Cc1cnc(C(=O)O[C@H](C)C(=O)c2ccc(C(C)(C)C)cc2)cn1. The fraction of sp³-hybridized carbons (Fsp3) is 0.368. The highest BCUT2D eigenvalue weighted by atomic mass is 16.5. The number of carbonyl (C=O) groups is 2. The van der Waals surface area contributed by atoms with Gasteiger partial charge in [-0.25, -0.2) is 9.78 Å². The lowest BCUT2D eigenvalue weighted by Gasteiger charge is -2.19. The molecule has 24 heavy (non-hydrogen) atoms. The first-order valence-electron chi connectivity index (χ1n) is 7.83. The Morgan fingerprint density at radius 1 is 1.04 bits per heavy atom. The summed E-state index contributed by atoms with van der Waals surface area (Å²) >= 11 is 0. The zero-order valence-corrected chi connectivity index (χ0v) is 14.7. The molecule has 0 saturated heterocycles. The molecule has 1 heterocycles. The molecule has 5 nitrogen and oxygen atoms in total. The van der Waals surface area contributed by atoms with Crippen LogP contribution < -0.4 is 0 Å². The maximum Gasteiger partial charge on any atom is 0.359 e. The van der Waals surface area contributed by atoms with E-state index in [0.29, 0.717) is 11.3 Å². The molecule has 1 aromatic carbocycles. The van der Waals surface area contributed by atoms with E-state index in [2.05, 4.69) is 30.7 Å². The molecular formula is C19H22N2O3. The Morgan fingerprint density at radius 3 is 2.17 bits per heavy atom. The van der Waals surface area contributed by atoms with E-state index >= 15 is 0 Å². The second kappa shape index (κ2) is 6.91. The molecule has 0 N–H and O–H groups in total. The van der Waals surface area contributed by atoms with Crippen LogP contribution in [0.25, 0.3) is 0 Å². The highest BCUT2D eigenvalue weighted by Gasteiger charge is 2.22. The largest absolute Gasteiger partial charge is 0.449 e. The Morgan fingerprint density at radius 2 is 1.67 bits per heavy atom. The average molecular weight is 326 g/mol. The molecule has 1 atom stereocenters. The molecule has 0 radical (unpaired) electrons. The van der Waals surface area contributed by atoms with Gasteiger partial charge in [0, 0.05) is 11.8 Å². The Kier molecular flexibility index (Phi) is 5.12. The quantitative estimate of drug-likeness (QED) is 0.635. The van der Waals surface area contributed by atoms with Gasteiger partial charge in [-0.3, -0.25) is 9.78 Å². The summed E-state index contributed by atoms with van der Waals surface area (Å²) in [5, 5.41) is 0. The third-order valence-corrected chi connectivity index (χ3v) is 3.68. The number of aryl methyl sites for hydroxylation is 1. The van der Waals surface area contributed by atoms with Crippen LogP contribution in [0.5, 0.6) is 0 Å². The van der Waals surface area contributed by atoms with E-state index in [0.717, 1.165) is 5.56 Å². The maximum absolute atomic E-state index is 12.4. The van der Waals surface area contributed by atoms with E-state index in [1.54, 1.807) is 26.0 Å². The fourth-order valence-corrected chi connectivity index (χ4v) is 2.14. The molecule has 5 heteroatoms. The zero-order chi connectivity index (χ0) is 17.9. The summed E-state index contributed by atoms with van der Waals surface area (Å²) in [5.74, 6) is -0.904. The molecule has 0 fully saturated rings. The average Bonchev–Trinajstić information content (AvgIpc) is 2.54. The number of carbonyl (C=O) groups excluding carboxylic acids is 2. The molecule has 0 unspecified atom stereocenters. The van der Waals surface area contributed by atoms with Crippen LogP contribution in [-0.2, 0) is 10.2 Å². The van der Waals surface area contributed by atoms with Crippen molar-refractivity contribution < 1.29 is 14.3 Å². The number of ketones is 1. The topological polar surface area (TPSA) is 69.2 Å². The third kappa shape index (κ3) is 4.25. The number of Topliss-reactive ketones (excluding diaryl/α,β-unsaturated/α-hetero) is 1. The van der Waals surface area contributed by atoms with Crippen molar-refractivity contribution in [3.8, 4) is 0 Å². The van der Waals surface area contributed by atoms with E-state index in [9.17, 15) is 9.59 Å². The van der Waals surface area contributed by atoms with Crippen molar-refractivity contribution in [3.05, 3.63) is 59.2 Å². The number of rotatable bonds is 4. The number of ether oxygens (including phenoxy) is 1. The lowest BCUT2D eigenvalue weighted by atomic mass is 9.86. The van der Waals surface area contributed by atoms with Gasteiger partial charge in [-0.2, -0.15) is 0 Å². The van der Waals surface area contributed by atoms with Gasteiger partial charge in [0.05, 0.1) is 11.9 Å². The molecule has 0 aliphatic heterocycles. The number of hydrogen-bond donors (Lipinski definition) is 0. The molecule has 0 bridgehead atoms. The molecule has 0 saturated carbocycles. The summed E-state index contributed by atoms with van der Waals surface area (Å²) in [6.07, 6.45) is 1.93. The monoisotopic (exact) mass is 326 g/mol. The van der Waals surface area contributed by atoms with Gasteiger partial charge in [0.25, 0.3) is 0 Å². The van der Waals surface area contributed by atoms with Crippen molar-refractivity contribution in [1.29, 1.82) is 0 Å². The first kappa shape index (κ1) is 17.8. The van der Waals surface area contributed by atoms with E-state index in [4.69, 9.17) is 4.74 Å². The van der Waals surface area contributed by atoms with Crippen LogP contribution in [0.1, 0.15) is 59.8 Å². The summed E-state index contributed by atoms with van der Waals surface area (Å²) in [7, 11) is 0. The number of nitrogens with zero attached hydrogens (tertiary/aromatic N) is 2. The maximum atomic E-state index is 12.4. The first-order valence-corrected chi connectivity index (χ1v) is 7.83. The zero-order valence-electron chi connectivity index (χ0n) is 14.7. The van der Waals surface area contributed by atoms with Crippen LogP contribution in [0, 0.1) is 6.92 Å². The molecule has 2 aromatic rings. The van der Waals surface area contributed by atoms with Crippen molar-refractivity contribution in [2.45, 2.75) is 46.1 Å². The van der Waals surface area contributed by atoms with Gasteiger partial charge in [-0.15, -0.1) is 0 Å². The fourth-order valence-electron chi connectivity index (χ4n) is 2.14. The number of aromatic nitrogens is 2. The minimum Gasteiger partial charge on any atom is -0.449 e. The van der Waals surface area contributed by atoms with Crippen molar-refractivity contribution in [2.24, 2.45) is 0 Å². The predicted molar refractivity (Wildman–Crippen MR) is 91.1 cm³/mol. The highest BCUT2D eigenvalue weighted by Crippen LogP contribution is 2.22. The third-order valence-electron chi connectivity index (χ3n) is 3.68. The van der Waals surface area contributed by atoms with Crippen molar-refractivity contribution in [2.75, 3.05) is 0 Å². The molecule has 0 amide bonds. The van der Waals surface area contributed by atoms with Gasteiger partial charge in [-0.1, -0.05) is 45.0 Å². The molecule has 1 aromatic heterocycles. The minimum atomic E-state index is -0.888. The highest BCUT2D eigenvalue weighted by molar-refractivity contribution is 6.01. The van der Waals surface area contributed by atoms with Crippen LogP contribution in [-0.4, -0.2) is 27.8 Å². The standard InChI is InChI=1S/C19H22N2O3/c1-12-10-21-16(11-20-12)18(23)24-13(2)17(22)14-6-8-15(9-7-14)19(3,4)5/h6-11,13H,1-5H3/t13-/m1/s1. The van der Waals surface area contributed by atoms with Gasteiger partial charge in [0.1, 0.15) is 0 Å². The lowest BCUT2D eigenvalue weighted by molar-refractivity contribution is 0.0312.